The molecule has 3 aromatic rings. The van der Waals surface area contributed by atoms with Crippen LogP contribution in [0.2, 0.25) is 0 Å². The number of hydrogen-bond donors (Lipinski definition) is 3. The SMILES string of the molecule is C#CC(C(=O)O)([P+](=O)O)C(C)(O)c1c(-c2ccc(F)cc2)nc2ccccc2c1C(C)C. The lowest BCUT2D eigenvalue weighted by Gasteiger charge is -2.34. The number of halogens is 1. The molecule has 1 heterocycles. The number of carboxylic acid groups (broad SMARTS) is 1. The highest BCUT2D eigenvalue weighted by molar-refractivity contribution is 7.42. The number of carbonyl (C=O) groups is 1. The Hall–Kier alpha value is -3.17. The minimum absolute atomic E-state index is 0.00978. The van der Waals surface area contributed by atoms with E-state index in [1.165, 1.54) is 24.3 Å². The molecular formula is C24H22FNO5P+. The first-order chi connectivity index (χ1) is 15.0. The third kappa shape index (κ3) is 3.47. The molecule has 0 amide bonds. The zero-order chi connectivity index (χ0) is 23.8. The molecular weight excluding hydrogens is 432 g/mol. The van der Waals surface area contributed by atoms with Crippen molar-refractivity contribution in [2.45, 2.75) is 37.4 Å². The minimum Gasteiger partial charge on any atom is -0.477 e. The van der Waals surface area contributed by atoms with Crippen LogP contribution in [-0.2, 0) is 15.0 Å². The van der Waals surface area contributed by atoms with E-state index >= 15 is 0 Å². The molecule has 1 aromatic heterocycles. The molecule has 3 atom stereocenters. The first kappa shape index (κ1) is 23.5. The van der Waals surface area contributed by atoms with Gasteiger partial charge in [0.1, 0.15) is 5.82 Å². The molecule has 164 valence electrons. The monoisotopic (exact) mass is 454 g/mol. The highest BCUT2D eigenvalue weighted by Gasteiger charge is 2.70. The Morgan fingerprint density at radius 3 is 2.28 bits per heavy atom. The summed E-state index contributed by atoms with van der Waals surface area (Å²) < 4.78 is 26.0. The Morgan fingerprint density at radius 1 is 1.19 bits per heavy atom. The van der Waals surface area contributed by atoms with E-state index in [4.69, 9.17) is 6.42 Å². The first-order valence-electron chi connectivity index (χ1n) is 9.77. The molecule has 0 saturated carbocycles. The van der Waals surface area contributed by atoms with Gasteiger partial charge in [0.25, 0.3) is 0 Å². The second-order valence-corrected chi connectivity index (χ2v) is 9.15. The molecule has 0 aliphatic rings. The number of terminal acetylenes is 1. The van der Waals surface area contributed by atoms with Crippen LogP contribution in [0.1, 0.15) is 37.8 Å². The maximum atomic E-state index is 13.6. The van der Waals surface area contributed by atoms with Crippen molar-refractivity contribution in [1.29, 1.82) is 0 Å². The van der Waals surface area contributed by atoms with E-state index in [1.54, 1.807) is 24.3 Å². The Kier molecular flexibility index (Phi) is 6.17. The third-order valence-electron chi connectivity index (χ3n) is 5.62. The standard InChI is InChI=1S/C24H21FNO5P/c1-5-24(22(27)28,32(30)31)23(4,29)20-19(14(2)3)17-8-6-7-9-18(17)26-21(20)15-10-12-16(25)13-11-15/h1,6-14,29H,2-4H3,(H-,27,28,30,31)/p+1. The summed E-state index contributed by atoms with van der Waals surface area (Å²) in [5.74, 6) is -0.685. The maximum Gasteiger partial charge on any atom is 0.541 e. The summed E-state index contributed by atoms with van der Waals surface area (Å²) in [5, 5.41) is 19.4. The average molecular weight is 454 g/mol. The Labute approximate surface area is 185 Å². The molecule has 0 bridgehead atoms. The largest absolute Gasteiger partial charge is 0.541 e. The Balaban J connectivity index is 2.59. The van der Waals surface area contributed by atoms with Gasteiger partial charge in [0.05, 0.1) is 11.2 Å². The number of nitrogens with zero attached hydrogens (tertiary/aromatic N) is 1. The molecule has 0 aliphatic heterocycles. The van der Waals surface area contributed by atoms with Crippen LogP contribution >= 0.6 is 8.03 Å². The van der Waals surface area contributed by atoms with E-state index in [0.717, 1.165) is 6.92 Å². The van der Waals surface area contributed by atoms with Gasteiger partial charge in [-0.1, -0.05) is 32.0 Å². The van der Waals surface area contributed by atoms with E-state index < -0.39 is 30.6 Å². The van der Waals surface area contributed by atoms with Crippen LogP contribution in [0.5, 0.6) is 0 Å². The molecule has 2 aromatic carbocycles. The molecule has 0 fully saturated rings. The fraction of sp³-hybridized carbons (Fsp3) is 0.250. The van der Waals surface area contributed by atoms with Crippen LogP contribution in [0.4, 0.5) is 4.39 Å². The van der Waals surface area contributed by atoms with Gasteiger partial charge in [0.2, 0.25) is 0 Å². The summed E-state index contributed by atoms with van der Waals surface area (Å²) >= 11 is 0. The topological polar surface area (TPSA) is 108 Å². The summed E-state index contributed by atoms with van der Waals surface area (Å²) in [4.78, 5) is 26.9. The molecule has 0 radical (unpaired) electrons. The quantitative estimate of drug-likeness (QED) is 0.372. The maximum absolute atomic E-state index is 13.6. The summed E-state index contributed by atoms with van der Waals surface area (Å²) in [7, 11) is -3.58. The van der Waals surface area contributed by atoms with E-state index in [2.05, 4.69) is 4.98 Å². The van der Waals surface area contributed by atoms with Crippen molar-refractivity contribution in [2.75, 3.05) is 0 Å². The van der Waals surface area contributed by atoms with Crippen molar-refractivity contribution in [1.82, 2.24) is 4.98 Å². The number of aromatic nitrogens is 1. The number of aliphatic hydroxyl groups is 1. The smallest absolute Gasteiger partial charge is 0.477 e. The summed E-state index contributed by atoms with van der Waals surface area (Å²) in [6.07, 6.45) is 5.48. The van der Waals surface area contributed by atoms with Crippen molar-refractivity contribution in [3.63, 3.8) is 0 Å². The van der Waals surface area contributed by atoms with Crippen molar-refractivity contribution in [2.24, 2.45) is 0 Å². The second kappa shape index (κ2) is 8.40. The van der Waals surface area contributed by atoms with Gasteiger partial charge in [-0.2, -0.15) is 4.89 Å². The summed E-state index contributed by atoms with van der Waals surface area (Å²) in [6, 6.07) is 12.4. The number of rotatable bonds is 6. The zero-order valence-electron chi connectivity index (χ0n) is 17.7. The normalized spacial score (nSPS) is 15.6. The first-order valence-corrected chi connectivity index (χ1v) is 11.0. The molecule has 6 nitrogen and oxygen atoms in total. The summed E-state index contributed by atoms with van der Waals surface area (Å²) in [5.41, 5.74) is -0.886. The van der Waals surface area contributed by atoms with Crippen LogP contribution in [-0.4, -0.2) is 31.2 Å². The van der Waals surface area contributed by atoms with Crippen molar-refractivity contribution < 1.29 is 28.9 Å². The predicted octanol–water partition coefficient (Wildman–Crippen LogP) is 4.56. The van der Waals surface area contributed by atoms with Crippen LogP contribution in [0.25, 0.3) is 22.2 Å². The molecule has 3 N–H and O–H groups in total. The molecule has 3 rings (SSSR count). The van der Waals surface area contributed by atoms with E-state index in [-0.39, 0.29) is 17.2 Å². The van der Waals surface area contributed by atoms with Crippen LogP contribution < -0.4 is 0 Å². The van der Waals surface area contributed by atoms with E-state index in [9.17, 15) is 28.9 Å². The Bertz CT molecular complexity index is 1250. The number of carboxylic acids is 1. The van der Waals surface area contributed by atoms with Crippen LogP contribution in [0.3, 0.4) is 0 Å². The zero-order valence-corrected chi connectivity index (χ0v) is 18.6. The molecule has 0 spiro atoms. The van der Waals surface area contributed by atoms with Gasteiger partial charge in [-0.25, -0.2) is 14.2 Å². The summed E-state index contributed by atoms with van der Waals surface area (Å²) in [6.45, 7) is 4.79. The van der Waals surface area contributed by atoms with Crippen molar-refractivity contribution in [3.05, 3.63) is 65.5 Å². The van der Waals surface area contributed by atoms with Crippen LogP contribution in [0, 0.1) is 18.2 Å². The number of para-hydroxylation sites is 1. The van der Waals surface area contributed by atoms with Crippen molar-refractivity contribution >= 4 is 24.9 Å². The fourth-order valence-electron chi connectivity index (χ4n) is 4.06. The number of fused-ring (bicyclic) bond motifs is 1. The van der Waals surface area contributed by atoms with E-state index in [0.29, 0.717) is 22.0 Å². The van der Waals surface area contributed by atoms with Gasteiger partial charge < -0.3 is 10.2 Å². The molecule has 0 aliphatic carbocycles. The van der Waals surface area contributed by atoms with Crippen molar-refractivity contribution in [3.8, 4) is 23.6 Å². The average Bonchev–Trinajstić information content (AvgIpc) is 2.72. The Morgan fingerprint density at radius 2 is 1.78 bits per heavy atom. The van der Waals surface area contributed by atoms with Gasteiger partial charge >= 0.3 is 19.2 Å². The number of pyridine rings is 1. The lowest BCUT2D eigenvalue weighted by molar-refractivity contribution is -0.145. The lowest BCUT2D eigenvalue weighted by Crippen LogP contribution is -2.53. The minimum atomic E-state index is -3.58. The van der Waals surface area contributed by atoms with Crippen LogP contribution in [0.15, 0.2) is 48.5 Å². The van der Waals surface area contributed by atoms with Gasteiger partial charge in [-0.3, -0.25) is 0 Å². The van der Waals surface area contributed by atoms with Gasteiger partial charge in [0.15, 0.2) is 5.60 Å². The number of aliphatic carboxylic acids is 1. The van der Waals surface area contributed by atoms with Gasteiger partial charge in [-0.05, 0) is 59.2 Å². The molecule has 0 saturated heterocycles. The predicted molar refractivity (Wildman–Crippen MR) is 120 cm³/mol. The highest BCUT2D eigenvalue weighted by Crippen LogP contribution is 2.53. The van der Waals surface area contributed by atoms with E-state index in [1.807, 2.05) is 19.8 Å². The molecule has 8 heteroatoms. The molecule has 32 heavy (non-hydrogen) atoms. The van der Waals surface area contributed by atoms with Gasteiger partial charge in [-0.15, -0.1) is 6.42 Å². The highest BCUT2D eigenvalue weighted by atomic mass is 31.1. The van der Waals surface area contributed by atoms with Gasteiger partial charge in [0, 0.05) is 16.5 Å². The molecule has 3 unspecified atom stereocenters. The lowest BCUT2D eigenvalue weighted by atomic mass is 9.75. The third-order valence-corrected chi connectivity index (χ3v) is 6.95. The number of benzene rings is 2. The second-order valence-electron chi connectivity index (χ2n) is 7.93. The number of hydrogen-bond acceptors (Lipinski definition) is 4. The fourth-order valence-corrected chi connectivity index (χ4v) is 4.82.